The Morgan fingerprint density at radius 1 is 1.11 bits per heavy atom. The van der Waals surface area contributed by atoms with Crippen LogP contribution in [0.1, 0.15) is 12.5 Å². The number of carbonyl (C=O) groups excluding carboxylic acids is 1. The van der Waals surface area contributed by atoms with Gasteiger partial charge in [0.1, 0.15) is 0 Å². The molecule has 0 fully saturated rings. The van der Waals surface area contributed by atoms with Gasteiger partial charge in [0.25, 0.3) is 10.0 Å². The lowest BCUT2D eigenvalue weighted by atomic mass is 9.88. The highest BCUT2D eigenvalue weighted by Gasteiger charge is 2.43. The fourth-order valence-electron chi connectivity index (χ4n) is 2.48. The standard InChI is InChI=1S/C16H13N7O3S/c1-16(11-7-9-13(10-8-11)27(25,26)23-22-17)14(15(24)20-21-16)19-18-12-5-3-2-4-6-12/h2-10,18H,1H3/b19-14+. The van der Waals surface area contributed by atoms with E-state index in [1.54, 1.807) is 19.1 Å². The van der Waals surface area contributed by atoms with Crippen molar-refractivity contribution in [2.24, 2.45) is 19.8 Å². The van der Waals surface area contributed by atoms with Crippen molar-refractivity contribution in [1.29, 1.82) is 0 Å². The number of rotatable bonds is 5. The number of hydrazone groups is 1. The minimum absolute atomic E-state index is 0.0667. The number of amides is 1. The molecule has 1 N–H and O–H groups in total. The first kappa shape index (κ1) is 18.2. The Morgan fingerprint density at radius 2 is 1.78 bits per heavy atom. The Kier molecular flexibility index (Phi) is 4.72. The highest BCUT2D eigenvalue weighted by molar-refractivity contribution is 7.90. The second kappa shape index (κ2) is 6.98. The molecular formula is C16H13N7O3S. The van der Waals surface area contributed by atoms with Crippen LogP contribution >= 0.6 is 0 Å². The third kappa shape index (κ3) is 3.54. The van der Waals surface area contributed by atoms with Gasteiger partial charge < -0.3 is 0 Å². The quantitative estimate of drug-likeness (QED) is 0.364. The van der Waals surface area contributed by atoms with Gasteiger partial charge in [-0.05, 0) is 42.3 Å². The van der Waals surface area contributed by atoms with Gasteiger partial charge in [0, 0.05) is 9.43 Å². The first-order chi connectivity index (χ1) is 12.9. The lowest BCUT2D eigenvalue weighted by Gasteiger charge is -2.20. The number of para-hydroxylation sites is 1. The zero-order chi connectivity index (χ0) is 19.5. The summed E-state index contributed by atoms with van der Waals surface area (Å²) >= 11 is 0. The first-order valence-electron chi connectivity index (χ1n) is 7.65. The largest absolute Gasteiger partial charge is 0.314 e. The molecule has 0 aromatic heterocycles. The topological polar surface area (TPSA) is 149 Å². The molecule has 0 bridgehead atoms. The summed E-state index contributed by atoms with van der Waals surface area (Å²) in [7, 11) is -4.10. The molecule has 0 saturated heterocycles. The van der Waals surface area contributed by atoms with Crippen molar-refractivity contribution in [3.8, 4) is 0 Å². The van der Waals surface area contributed by atoms with Crippen LogP contribution in [0.4, 0.5) is 5.69 Å². The molecule has 1 atom stereocenters. The van der Waals surface area contributed by atoms with E-state index >= 15 is 0 Å². The molecule has 0 aliphatic carbocycles. The van der Waals surface area contributed by atoms with Gasteiger partial charge in [0.05, 0.1) is 10.6 Å². The maximum absolute atomic E-state index is 12.1. The average Bonchev–Trinajstić information content (AvgIpc) is 2.96. The van der Waals surface area contributed by atoms with Gasteiger partial charge in [-0.25, -0.2) is 8.42 Å². The highest BCUT2D eigenvalue weighted by Crippen LogP contribution is 2.33. The van der Waals surface area contributed by atoms with Gasteiger partial charge >= 0.3 is 5.91 Å². The van der Waals surface area contributed by atoms with E-state index in [-0.39, 0.29) is 10.6 Å². The fourth-order valence-corrected chi connectivity index (χ4v) is 3.15. The van der Waals surface area contributed by atoms with E-state index in [4.69, 9.17) is 5.53 Å². The number of hydrogen-bond donors (Lipinski definition) is 1. The molecule has 3 rings (SSSR count). The van der Waals surface area contributed by atoms with E-state index in [1.807, 2.05) is 18.2 Å². The Balaban J connectivity index is 1.95. The minimum Gasteiger partial charge on any atom is -0.278 e. The summed E-state index contributed by atoms with van der Waals surface area (Å²) in [5.41, 5.74) is 11.2. The molecule has 27 heavy (non-hydrogen) atoms. The summed E-state index contributed by atoms with van der Waals surface area (Å²) in [5, 5.41) is 11.8. The number of hydrogen-bond acceptors (Lipinski definition) is 6. The van der Waals surface area contributed by atoms with Gasteiger partial charge in [0.2, 0.25) is 0 Å². The second-order valence-corrected chi connectivity index (χ2v) is 7.27. The Labute approximate surface area is 154 Å². The Morgan fingerprint density at radius 3 is 2.41 bits per heavy atom. The molecule has 2 aromatic carbocycles. The van der Waals surface area contributed by atoms with Crippen molar-refractivity contribution in [3.63, 3.8) is 0 Å². The molecule has 1 amide bonds. The molecule has 1 unspecified atom stereocenters. The fraction of sp³-hybridized carbons (Fsp3) is 0.125. The van der Waals surface area contributed by atoms with Crippen molar-refractivity contribution in [2.45, 2.75) is 17.4 Å². The Hall–Kier alpha value is -3.56. The van der Waals surface area contributed by atoms with Crippen molar-refractivity contribution < 1.29 is 13.2 Å². The summed E-state index contributed by atoms with van der Waals surface area (Å²) in [5.74, 6) is -0.591. The molecule has 0 spiro atoms. The lowest BCUT2D eigenvalue weighted by molar-refractivity contribution is -0.111. The monoisotopic (exact) mass is 383 g/mol. The number of sulfonamides is 1. The lowest BCUT2D eigenvalue weighted by Crippen LogP contribution is -2.31. The maximum Gasteiger partial charge on any atom is 0.314 e. The number of nitrogens with one attached hydrogen (secondary N) is 1. The molecule has 136 valence electrons. The molecule has 1 aliphatic heterocycles. The van der Waals surface area contributed by atoms with E-state index in [1.165, 1.54) is 24.3 Å². The maximum atomic E-state index is 12.1. The van der Waals surface area contributed by atoms with E-state index in [0.29, 0.717) is 11.3 Å². The molecule has 2 aromatic rings. The summed E-state index contributed by atoms with van der Waals surface area (Å²) in [6.45, 7) is 1.64. The summed E-state index contributed by atoms with van der Waals surface area (Å²) in [4.78, 5) is 14.2. The van der Waals surface area contributed by atoms with Gasteiger partial charge in [-0.2, -0.15) is 10.2 Å². The van der Waals surface area contributed by atoms with Crippen LogP contribution in [-0.4, -0.2) is 20.0 Å². The second-order valence-electron chi connectivity index (χ2n) is 5.69. The van der Waals surface area contributed by atoms with Crippen LogP contribution in [0.2, 0.25) is 0 Å². The zero-order valence-electron chi connectivity index (χ0n) is 14.0. The van der Waals surface area contributed by atoms with Crippen molar-refractivity contribution in [1.82, 2.24) is 0 Å². The number of carbonyl (C=O) groups is 1. The number of nitrogens with zero attached hydrogens (tertiary/aromatic N) is 6. The van der Waals surface area contributed by atoms with E-state index in [9.17, 15) is 13.2 Å². The van der Waals surface area contributed by atoms with Gasteiger partial charge in [-0.1, -0.05) is 30.3 Å². The summed E-state index contributed by atoms with van der Waals surface area (Å²) in [6.07, 6.45) is 0. The molecule has 0 radical (unpaired) electrons. The van der Waals surface area contributed by atoms with Gasteiger partial charge in [-0.15, -0.1) is 5.11 Å². The number of benzene rings is 2. The van der Waals surface area contributed by atoms with Gasteiger partial charge in [-0.3, -0.25) is 10.2 Å². The van der Waals surface area contributed by atoms with Crippen molar-refractivity contribution in [2.75, 3.05) is 5.43 Å². The molecule has 1 aliphatic rings. The van der Waals surface area contributed by atoms with Crippen LogP contribution < -0.4 is 5.43 Å². The van der Waals surface area contributed by atoms with Crippen LogP contribution in [0.15, 0.2) is 79.3 Å². The number of azide groups is 1. The van der Waals surface area contributed by atoms with Crippen LogP contribution in [0.5, 0.6) is 0 Å². The molecule has 11 heteroatoms. The van der Waals surface area contributed by atoms with Crippen LogP contribution in [-0.2, 0) is 20.4 Å². The zero-order valence-corrected chi connectivity index (χ0v) is 14.8. The molecule has 1 heterocycles. The summed E-state index contributed by atoms with van der Waals surface area (Å²) in [6, 6.07) is 14.5. The Bertz CT molecular complexity index is 1090. The third-order valence-electron chi connectivity index (χ3n) is 3.93. The number of azo groups is 1. The van der Waals surface area contributed by atoms with E-state index < -0.39 is 21.5 Å². The van der Waals surface area contributed by atoms with Crippen LogP contribution in [0, 0.1) is 0 Å². The molecule has 0 saturated carbocycles. The predicted octanol–water partition coefficient (Wildman–Crippen LogP) is 3.36. The van der Waals surface area contributed by atoms with Crippen molar-refractivity contribution >= 4 is 27.3 Å². The van der Waals surface area contributed by atoms with Gasteiger partial charge in [0.15, 0.2) is 11.3 Å². The summed E-state index contributed by atoms with van der Waals surface area (Å²) < 4.78 is 26.3. The van der Waals surface area contributed by atoms with Crippen LogP contribution in [0.3, 0.4) is 0 Å². The normalized spacial score (nSPS) is 20.5. The average molecular weight is 383 g/mol. The van der Waals surface area contributed by atoms with Crippen LogP contribution in [0.25, 0.3) is 10.4 Å². The predicted molar refractivity (Wildman–Crippen MR) is 97.5 cm³/mol. The first-order valence-corrected chi connectivity index (χ1v) is 9.09. The van der Waals surface area contributed by atoms with Crippen molar-refractivity contribution in [3.05, 3.63) is 70.6 Å². The smallest absolute Gasteiger partial charge is 0.278 e. The molecular weight excluding hydrogens is 370 g/mol. The minimum atomic E-state index is -4.10. The van der Waals surface area contributed by atoms with E-state index in [2.05, 4.69) is 30.2 Å². The SMILES string of the molecule is CC1(c2ccc(S(=O)(=O)N=[N+]=[N-])cc2)N=NC(=O)/C1=N\Nc1ccccc1. The third-order valence-corrected chi connectivity index (χ3v) is 5.09. The highest BCUT2D eigenvalue weighted by atomic mass is 32.2. The number of anilines is 1. The van der Waals surface area contributed by atoms with E-state index in [0.717, 1.165) is 0 Å². The molecule has 10 nitrogen and oxygen atoms in total.